The minimum Gasteiger partial charge on any atom is -0.339 e. The smallest absolute Gasteiger partial charge is 0.238 e. The van der Waals surface area contributed by atoms with E-state index in [1.807, 2.05) is 4.90 Å². The maximum absolute atomic E-state index is 12.9. The molecular weight excluding hydrogens is 409 g/mol. The number of nitrogens with one attached hydrogen (secondary N) is 1. The van der Waals surface area contributed by atoms with Crippen molar-refractivity contribution in [3.05, 3.63) is 35.9 Å². The minimum atomic E-state index is -0.345. The zero-order valence-electron chi connectivity index (χ0n) is 16.5. The van der Waals surface area contributed by atoms with Crippen molar-refractivity contribution in [2.24, 2.45) is 0 Å². The summed E-state index contributed by atoms with van der Waals surface area (Å²) in [6.45, 7) is 2.59. The highest BCUT2D eigenvalue weighted by atomic mass is 32.2. The van der Waals surface area contributed by atoms with Crippen molar-refractivity contribution in [1.29, 1.82) is 0 Å². The van der Waals surface area contributed by atoms with Gasteiger partial charge in [-0.25, -0.2) is 9.07 Å². The third-order valence-electron chi connectivity index (χ3n) is 5.18. The highest BCUT2D eigenvalue weighted by molar-refractivity contribution is 7.99. The number of piperazine rings is 1. The molecule has 2 fully saturated rings. The summed E-state index contributed by atoms with van der Waals surface area (Å²) in [4.78, 5) is 28.5. The lowest BCUT2D eigenvalue weighted by Gasteiger charge is -2.34. The fraction of sp³-hybridized carbons (Fsp3) is 0.474. The van der Waals surface area contributed by atoms with Gasteiger partial charge in [0, 0.05) is 37.8 Å². The van der Waals surface area contributed by atoms with E-state index in [0.717, 1.165) is 18.7 Å². The molecule has 0 radical (unpaired) electrons. The molecule has 160 valence electrons. The predicted octanol–water partition coefficient (Wildman–Crippen LogP) is 0.883. The van der Waals surface area contributed by atoms with Gasteiger partial charge in [-0.1, -0.05) is 11.8 Å². The van der Waals surface area contributed by atoms with E-state index in [-0.39, 0.29) is 29.9 Å². The SMILES string of the molecule is Nn1c(SCC(=O)N2CCN(CC(=O)Nc3ccc(F)cc3)CC2)nnc1C1CC1. The van der Waals surface area contributed by atoms with E-state index in [1.54, 1.807) is 4.90 Å². The number of hydrogen-bond donors (Lipinski definition) is 2. The van der Waals surface area contributed by atoms with Gasteiger partial charge in [0.2, 0.25) is 17.0 Å². The third kappa shape index (κ3) is 5.08. The van der Waals surface area contributed by atoms with Crippen molar-refractivity contribution in [1.82, 2.24) is 24.7 Å². The molecule has 1 aromatic heterocycles. The number of carbonyl (C=O) groups excluding carboxylic acids is 2. The van der Waals surface area contributed by atoms with Crippen molar-refractivity contribution < 1.29 is 14.0 Å². The van der Waals surface area contributed by atoms with Crippen molar-refractivity contribution in [2.45, 2.75) is 23.9 Å². The fourth-order valence-electron chi connectivity index (χ4n) is 3.32. The van der Waals surface area contributed by atoms with Crippen LogP contribution in [0.3, 0.4) is 0 Å². The average molecular weight is 434 g/mol. The topological polar surface area (TPSA) is 109 Å². The Hall–Kier alpha value is -2.66. The van der Waals surface area contributed by atoms with E-state index in [9.17, 15) is 14.0 Å². The number of aromatic nitrogens is 3. The van der Waals surface area contributed by atoms with Crippen LogP contribution in [0.2, 0.25) is 0 Å². The molecule has 0 atom stereocenters. The van der Waals surface area contributed by atoms with E-state index in [0.29, 0.717) is 42.9 Å². The Morgan fingerprint density at radius 2 is 1.83 bits per heavy atom. The second-order valence-corrected chi connectivity index (χ2v) is 8.43. The normalized spacial score (nSPS) is 17.2. The number of halogens is 1. The van der Waals surface area contributed by atoms with Crippen LogP contribution >= 0.6 is 11.8 Å². The van der Waals surface area contributed by atoms with Crippen LogP contribution in [0, 0.1) is 5.82 Å². The first-order valence-corrected chi connectivity index (χ1v) is 10.9. The molecule has 1 aliphatic carbocycles. The van der Waals surface area contributed by atoms with Gasteiger partial charge in [0.15, 0.2) is 5.82 Å². The van der Waals surface area contributed by atoms with E-state index in [1.165, 1.54) is 40.7 Å². The molecule has 2 amide bonds. The van der Waals surface area contributed by atoms with Crippen LogP contribution in [-0.2, 0) is 9.59 Å². The summed E-state index contributed by atoms with van der Waals surface area (Å²) in [5, 5.41) is 11.5. The maximum atomic E-state index is 12.9. The number of rotatable bonds is 7. The number of carbonyl (C=O) groups is 2. The van der Waals surface area contributed by atoms with Crippen molar-refractivity contribution in [2.75, 3.05) is 49.6 Å². The molecule has 3 N–H and O–H groups in total. The monoisotopic (exact) mass is 433 g/mol. The van der Waals surface area contributed by atoms with Gasteiger partial charge in [0.25, 0.3) is 0 Å². The van der Waals surface area contributed by atoms with E-state index < -0.39 is 0 Å². The third-order valence-corrected chi connectivity index (χ3v) is 6.11. The molecule has 0 spiro atoms. The van der Waals surface area contributed by atoms with Crippen LogP contribution in [-0.4, -0.2) is 75.0 Å². The van der Waals surface area contributed by atoms with Crippen LogP contribution in [0.1, 0.15) is 24.6 Å². The lowest BCUT2D eigenvalue weighted by atomic mass is 10.3. The van der Waals surface area contributed by atoms with Gasteiger partial charge in [-0.05, 0) is 37.1 Å². The first kappa shape index (κ1) is 20.6. The van der Waals surface area contributed by atoms with E-state index in [4.69, 9.17) is 5.84 Å². The summed E-state index contributed by atoms with van der Waals surface area (Å²) in [7, 11) is 0. The number of nitrogen functional groups attached to an aromatic ring is 1. The quantitative estimate of drug-likeness (QED) is 0.493. The van der Waals surface area contributed by atoms with Crippen LogP contribution in [0.5, 0.6) is 0 Å². The lowest BCUT2D eigenvalue weighted by molar-refractivity contribution is -0.130. The molecule has 2 aromatic rings. The molecule has 1 saturated carbocycles. The second kappa shape index (κ2) is 9.00. The summed E-state index contributed by atoms with van der Waals surface area (Å²) in [6, 6.07) is 5.66. The predicted molar refractivity (Wildman–Crippen MR) is 111 cm³/mol. The molecule has 1 saturated heterocycles. The standard InChI is InChI=1S/C19H24FN7O2S/c20-14-3-5-15(6-4-14)22-16(28)11-25-7-9-26(10-8-25)17(29)12-30-19-24-23-18(27(19)21)13-1-2-13/h3-6,13H,1-2,7-12,21H2,(H,22,28). The van der Waals surface area contributed by atoms with Gasteiger partial charge in [0.1, 0.15) is 5.82 Å². The molecule has 2 heterocycles. The molecule has 9 nitrogen and oxygen atoms in total. The molecule has 0 bridgehead atoms. The zero-order chi connectivity index (χ0) is 21.1. The molecular formula is C19H24FN7O2S. The molecule has 30 heavy (non-hydrogen) atoms. The van der Waals surface area contributed by atoms with Gasteiger partial charge in [-0.3, -0.25) is 14.5 Å². The summed E-state index contributed by atoms with van der Waals surface area (Å²) in [5.74, 6) is 6.98. The van der Waals surface area contributed by atoms with Crippen molar-refractivity contribution in [3.8, 4) is 0 Å². The van der Waals surface area contributed by atoms with Gasteiger partial charge in [0.05, 0.1) is 12.3 Å². The molecule has 1 aromatic carbocycles. The summed E-state index contributed by atoms with van der Waals surface area (Å²) in [6.07, 6.45) is 2.18. The maximum Gasteiger partial charge on any atom is 0.238 e. The summed E-state index contributed by atoms with van der Waals surface area (Å²) >= 11 is 1.30. The Balaban J connectivity index is 1.18. The Morgan fingerprint density at radius 1 is 1.13 bits per heavy atom. The van der Waals surface area contributed by atoms with Crippen LogP contribution in [0.4, 0.5) is 10.1 Å². The molecule has 2 aliphatic rings. The Labute approximate surface area is 177 Å². The number of anilines is 1. The summed E-state index contributed by atoms with van der Waals surface area (Å²) in [5.41, 5.74) is 0.560. The second-order valence-electron chi connectivity index (χ2n) is 7.49. The van der Waals surface area contributed by atoms with E-state index >= 15 is 0 Å². The van der Waals surface area contributed by atoms with Crippen LogP contribution in [0.25, 0.3) is 0 Å². The lowest BCUT2D eigenvalue weighted by Crippen LogP contribution is -2.50. The highest BCUT2D eigenvalue weighted by Crippen LogP contribution is 2.39. The Bertz CT molecular complexity index is 908. The summed E-state index contributed by atoms with van der Waals surface area (Å²) < 4.78 is 14.4. The first-order chi connectivity index (χ1) is 14.5. The van der Waals surface area contributed by atoms with Gasteiger partial charge < -0.3 is 16.1 Å². The minimum absolute atomic E-state index is 0.0198. The number of hydrogen-bond acceptors (Lipinski definition) is 7. The fourth-order valence-corrected chi connectivity index (χ4v) is 4.08. The molecule has 4 rings (SSSR count). The zero-order valence-corrected chi connectivity index (χ0v) is 17.3. The first-order valence-electron chi connectivity index (χ1n) is 9.88. The molecule has 11 heteroatoms. The molecule has 0 unspecified atom stereocenters. The van der Waals surface area contributed by atoms with Gasteiger partial charge in [-0.2, -0.15) is 0 Å². The average Bonchev–Trinajstić information content (AvgIpc) is 3.51. The number of nitrogens with two attached hydrogens (primary N) is 1. The van der Waals surface area contributed by atoms with Gasteiger partial charge in [-0.15, -0.1) is 10.2 Å². The van der Waals surface area contributed by atoms with Crippen LogP contribution < -0.4 is 11.2 Å². The van der Waals surface area contributed by atoms with Gasteiger partial charge >= 0.3 is 0 Å². The van der Waals surface area contributed by atoms with Crippen molar-refractivity contribution in [3.63, 3.8) is 0 Å². The number of thioether (sulfide) groups is 1. The largest absolute Gasteiger partial charge is 0.339 e. The molecule has 1 aliphatic heterocycles. The van der Waals surface area contributed by atoms with Crippen molar-refractivity contribution >= 4 is 29.3 Å². The number of benzene rings is 1. The Kier molecular flexibility index (Phi) is 6.18. The number of amides is 2. The van der Waals surface area contributed by atoms with Crippen LogP contribution in [0.15, 0.2) is 29.4 Å². The highest BCUT2D eigenvalue weighted by Gasteiger charge is 2.30. The van der Waals surface area contributed by atoms with E-state index in [2.05, 4.69) is 15.5 Å². The Morgan fingerprint density at radius 3 is 2.50 bits per heavy atom. The number of nitrogens with zero attached hydrogens (tertiary/aromatic N) is 5.